The van der Waals surface area contributed by atoms with E-state index in [1.54, 1.807) is 0 Å². The highest BCUT2D eigenvalue weighted by Gasteiger charge is 2.50. The maximum Gasteiger partial charge on any atom is 0.309 e. The van der Waals surface area contributed by atoms with Crippen molar-refractivity contribution < 1.29 is 32.8 Å². The molecule has 2 aliphatic rings. The second-order valence-electron chi connectivity index (χ2n) is 6.51. The van der Waals surface area contributed by atoms with Gasteiger partial charge in [0.2, 0.25) is 0 Å². The Labute approximate surface area is 153 Å². The lowest BCUT2D eigenvalue weighted by Crippen LogP contribution is -2.43. The van der Waals surface area contributed by atoms with Crippen LogP contribution in [-0.2, 0) is 24.0 Å². The van der Waals surface area contributed by atoms with Gasteiger partial charge in [-0.25, -0.2) is 14.3 Å². The molecule has 3 rings (SSSR count). The van der Waals surface area contributed by atoms with Crippen molar-refractivity contribution in [2.75, 3.05) is 13.7 Å². The number of nitrogens with one attached hydrogen (secondary N) is 1. The minimum absolute atomic E-state index is 0.00213. The summed E-state index contributed by atoms with van der Waals surface area (Å²) in [6.07, 6.45) is 1.55. The van der Waals surface area contributed by atoms with Crippen LogP contribution in [0.25, 0.3) is 0 Å². The van der Waals surface area contributed by atoms with Crippen molar-refractivity contribution in [1.29, 1.82) is 0 Å². The summed E-state index contributed by atoms with van der Waals surface area (Å²) in [6, 6.07) is 1.81. The van der Waals surface area contributed by atoms with E-state index in [0.29, 0.717) is 0 Å². The summed E-state index contributed by atoms with van der Waals surface area (Å²) in [6.45, 7) is 1.53. The minimum Gasteiger partial charge on any atom is -0.486 e. The summed E-state index contributed by atoms with van der Waals surface area (Å²) in [5.41, 5.74) is 6.47. The van der Waals surface area contributed by atoms with Crippen LogP contribution < -0.4 is 11.2 Å². The number of benzene rings is 1. The molecule has 146 valence electrons. The van der Waals surface area contributed by atoms with Crippen LogP contribution in [0.15, 0.2) is 30.0 Å². The lowest BCUT2D eigenvalue weighted by molar-refractivity contribution is -0.215. The van der Waals surface area contributed by atoms with Crippen LogP contribution in [0.5, 0.6) is 0 Å². The highest BCUT2D eigenvalue weighted by atomic mass is 19.1. The molecule has 0 radical (unpaired) electrons. The number of hydrogen-bond donors (Lipinski definition) is 2. The average molecular weight is 383 g/mol. The monoisotopic (exact) mass is 383 g/mol. The molecule has 1 fully saturated rings. The summed E-state index contributed by atoms with van der Waals surface area (Å²) in [7, 11) is 1.28. The van der Waals surface area contributed by atoms with Crippen LogP contribution in [0, 0.1) is 11.6 Å². The second kappa shape index (κ2) is 7.22. The van der Waals surface area contributed by atoms with E-state index in [-0.39, 0.29) is 24.4 Å². The summed E-state index contributed by atoms with van der Waals surface area (Å²) >= 11 is 0. The Hall–Kier alpha value is -2.56. The van der Waals surface area contributed by atoms with Crippen LogP contribution in [0.1, 0.15) is 24.9 Å². The first-order chi connectivity index (χ1) is 12.7. The number of hydroxylamine groups is 3. The molecule has 8 nitrogen and oxygen atoms in total. The number of carbonyl (C=O) groups excluding carboxylic acids is 2. The Balaban J connectivity index is 1.93. The smallest absolute Gasteiger partial charge is 0.309 e. The Morgan fingerprint density at radius 1 is 1.33 bits per heavy atom. The van der Waals surface area contributed by atoms with Crippen molar-refractivity contribution in [3.8, 4) is 0 Å². The number of carbonyl (C=O) groups is 2. The van der Waals surface area contributed by atoms with Crippen molar-refractivity contribution in [1.82, 2.24) is 10.5 Å². The first kappa shape index (κ1) is 19.2. The van der Waals surface area contributed by atoms with E-state index in [1.165, 1.54) is 25.2 Å². The first-order valence-electron chi connectivity index (χ1n) is 8.15. The van der Waals surface area contributed by atoms with Gasteiger partial charge in [0.25, 0.3) is 5.91 Å². The molecule has 0 saturated carbocycles. The van der Waals surface area contributed by atoms with Gasteiger partial charge in [-0.2, -0.15) is 5.06 Å². The van der Waals surface area contributed by atoms with Gasteiger partial charge in [-0.3, -0.25) is 19.3 Å². The van der Waals surface area contributed by atoms with Crippen molar-refractivity contribution in [2.24, 2.45) is 5.73 Å². The van der Waals surface area contributed by atoms with Gasteiger partial charge in [0, 0.05) is 12.5 Å². The van der Waals surface area contributed by atoms with E-state index in [2.05, 4.69) is 10.3 Å². The third-order valence-corrected chi connectivity index (χ3v) is 4.49. The Morgan fingerprint density at radius 3 is 2.59 bits per heavy atom. The quantitative estimate of drug-likeness (QED) is 0.731. The van der Waals surface area contributed by atoms with E-state index < -0.39 is 41.1 Å². The second-order valence-corrected chi connectivity index (χ2v) is 6.51. The molecule has 1 saturated heterocycles. The van der Waals surface area contributed by atoms with E-state index >= 15 is 0 Å². The van der Waals surface area contributed by atoms with Gasteiger partial charge in [-0.15, -0.1) is 0 Å². The number of primary amides is 1. The molecule has 3 atom stereocenters. The van der Waals surface area contributed by atoms with E-state index in [4.69, 9.17) is 15.3 Å². The van der Waals surface area contributed by atoms with Gasteiger partial charge in [-0.05, 0) is 30.7 Å². The SMILES string of the molecule is CONC(=O)C1=C[C@@H](N2O[C@@](C)(C(N)=O)CC2c2cc(F)cc(F)c2)CO1. The van der Waals surface area contributed by atoms with Crippen LogP contribution >= 0.6 is 0 Å². The molecular formula is C17H19F2N3O5. The molecule has 2 aliphatic heterocycles. The number of hydrogen-bond acceptors (Lipinski definition) is 6. The van der Waals surface area contributed by atoms with E-state index in [0.717, 1.165) is 18.2 Å². The minimum atomic E-state index is -1.38. The number of nitrogens with zero attached hydrogens (tertiary/aromatic N) is 1. The van der Waals surface area contributed by atoms with E-state index in [1.807, 2.05) is 0 Å². The van der Waals surface area contributed by atoms with Crippen molar-refractivity contribution in [2.45, 2.75) is 31.0 Å². The molecule has 10 heteroatoms. The number of rotatable bonds is 5. The molecular weight excluding hydrogens is 364 g/mol. The fourth-order valence-corrected chi connectivity index (χ4v) is 3.15. The van der Waals surface area contributed by atoms with Crippen LogP contribution in [0.2, 0.25) is 0 Å². The van der Waals surface area contributed by atoms with Crippen LogP contribution in [0.4, 0.5) is 8.78 Å². The van der Waals surface area contributed by atoms with Crippen LogP contribution in [-0.4, -0.2) is 42.2 Å². The van der Waals surface area contributed by atoms with Gasteiger partial charge in [0.15, 0.2) is 11.4 Å². The lowest BCUT2D eigenvalue weighted by atomic mass is 9.93. The zero-order valence-corrected chi connectivity index (χ0v) is 14.7. The fraction of sp³-hybridized carbons (Fsp3) is 0.412. The summed E-state index contributed by atoms with van der Waals surface area (Å²) in [4.78, 5) is 34.0. The van der Waals surface area contributed by atoms with Crippen LogP contribution in [0.3, 0.4) is 0 Å². The normalized spacial score (nSPS) is 27.9. The molecule has 2 amide bonds. The van der Waals surface area contributed by atoms with Gasteiger partial charge in [0.1, 0.15) is 18.2 Å². The topological polar surface area (TPSA) is 103 Å². The summed E-state index contributed by atoms with van der Waals surface area (Å²) in [5.74, 6) is -2.81. The highest BCUT2D eigenvalue weighted by molar-refractivity contribution is 5.91. The fourth-order valence-electron chi connectivity index (χ4n) is 3.15. The molecule has 1 aromatic rings. The predicted octanol–water partition coefficient (Wildman–Crippen LogP) is 0.847. The molecule has 0 bridgehead atoms. The zero-order valence-electron chi connectivity index (χ0n) is 14.7. The predicted molar refractivity (Wildman–Crippen MR) is 87.2 cm³/mol. The maximum absolute atomic E-state index is 13.7. The third kappa shape index (κ3) is 3.77. The molecule has 0 spiro atoms. The van der Waals surface area contributed by atoms with Gasteiger partial charge >= 0.3 is 5.91 Å². The molecule has 0 aromatic heterocycles. The molecule has 0 aliphatic carbocycles. The Kier molecular flexibility index (Phi) is 5.13. The standard InChI is InChI=1S/C17H19F2N3O5/c1-17(16(20)24)7-13(9-3-10(18)5-11(19)4-9)22(27-17)12-6-14(26-8-12)15(23)21-25-2/h3-6,12-13H,7-8H2,1-2H3,(H2,20,24)(H,21,23)/t12-,13?,17-/m1/s1. The molecule has 1 aromatic carbocycles. The molecule has 2 heterocycles. The number of amides is 2. The van der Waals surface area contributed by atoms with Gasteiger partial charge in [-0.1, -0.05) is 0 Å². The summed E-state index contributed by atoms with van der Waals surface area (Å²) < 4.78 is 32.7. The third-order valence-electron chi connectivity index (χ3n) is 4.49. The van der Waals surface area contributed by atoms with Crippen molar-refractivity contribution >= 4 is 11.8 Å². The maximum atomic E-state index is 13.7. The molecule has 27 heavy (non-hydrogen) atoms. The lowest BCUT2D eigenvalue weighted by Gasteiger charge is -2.27. The number of nitrogens with two attached hydrogens (primary N) is 1. The number of halogens is 2. The largest absolute Gasteiger partial charge is 0.486 e. The van der Waals surface area contributed by atoms with Gasteiger partial charge in [0.05, 0.1) is 19.2 Å². The zero-order chi connectivity index (χ0) is 19.8. The highest BCUT2D eigenvalue weighted by Crippen LogP contribution is 2.43. The van der Waals surface area contributed by atoms with E-state index in [9.17, 15) is 18.4 Å². The Morgan fingerprint density at radius 2 is 2.00 bits per heavy atom. The van der Waals surface area contributed by atoms with Crippen molar-refractivity contribution in [3.05, 3.63) is 47.2 Å². The number of ether oxygens (including phenoxy) is 1. The molecule has 3 N–H and O–H groups in total. The van der Waals surface area contributed by atoms with Gasteiger partial charge < -0.3 is 10.5 Å². The Bertz CT molecular complexity index is 783. The average Bonchev–Trinajstić information content (AvgIpc) is 3.19. The summed E-state index contributed by atoms with van der Waals surface area (Å²) in [5, 5.41) is 1.38. The van der Waals surface area contributed by atoms with Crippen molar-refractivity contribution in [3.63, 3.8) is 0 Å². The molecule has 1 unspecified atom stereocenters. The first-order valence-corrected chi connectivity index (χ1v) is 8.15.